The largest absolute Gasteiger partial charge is 0.411 e. The highest BCUT2D eigenvalue weighted by Crippen LogP contribution is 2.79. The van der Waals surface area contributed by atoms with Gasteiger partial charge in [0.1, 0.15) is 0 Å². The van der Waals surface area contributed by atoms with E-state index in [4.69, 9.17) is 4.74 Å². The number of ether oxygens (including phenoxy) is 1. The van der Waals surface area contributed by atoms with Crippen LogP contribution in [-0.4, -0.2) is 23.1 Å². The Hall–Kier alpha value is -1.09. The van der Waals surface area contributed by atoms with Gasteiger partial charge in [-0.3, -0.25) is 0 Å². The van der Waals surface area contributed by atoms with E-state index in [-0.39, 0.29) is 5.60 Å². The van der Waals surface area contributed by atoms with Crippen LogP contribution in [0.25, 0.3) is 0 Å². The molecule has 6 unspecified atom stereocenters. The molecule has 6 aliphatic rings. The van der Waals surface area contributed by atoms with Gasteiger partial charge in [-0.25, -0.2) is 0 Å². The molecule has 0 aromatic rings. The van der Waals surface area contributed by atoms with Crippen molar-refractivity contribution < 1.29 is 9.94 Å². The smallest absolute Gasteiger partial charge is 0.0957 e. The number of oxime groups is 1. The Bertz CT molecular complexity index is 769. The monoisotopic (exact) mass is 381 g/mol. The molecule has 152 valence electrons. The fourth-order valence-corrected chi connectivity index (χ4v) is 9.36. The van der Waals surface area contributed by atoms with Crippen LogP contribution in [0.15, 0.2) is 29.0 Å². The molecule has 0 saturated heterocycles. The van der Waals surface area contributed by atoms with E-state index in [1.54, 1.807) is 5.57 Å². The van der Waals surface area contributed by atoms with Gasteiger partial charge >= 0.3 is 0 Å². The Balaban J connectivity index is 1.42. The summed E-state index contributed by atoms with van der Waals surface area (Å²) in [6, 6.07) is 0. The topological polar surface area (TPSA) is 41.8 Å². The number of fused-ring (bicyclic) bond motifs is 9. The minimum atomic E-state index is 0.0692. The first-order chi connectivity index (χ1) is 13.7. The van der Waals surface area contributed by atoms with Gasteiger partial charge < -0.3 is 9.94 Å². The molecule has 5 aliphatic carbocycles. The van der Waals surface area contributed by atoms with Gasteiger partial charge in [0.25, 0.3) is 0 Å². The van der Waals surface area contributed by atoms with Crippen molar-refractivity contribution in [2.24, 2.45) is 52.0 Å². The summed E-state index contributed by atoms with van der Waals surface area (Å²) in [4.78, 5) is 0. The Labute approximate surface area is 169 Å². The Morgan fingerprint density at radius 3 is 2.86 bits per heavy atom. The van der Waals surface area contributed by atoms with Gasteiger partial charge in [-0.1, -0.05) is 43.1 Å². The first kappa shape index (κ1) is 17.7. The summed E-state index contributed by atoms with van der Waals surface area (Å²) in [6.45, 7) is 5.70. The lowest BCUT2D eigenvalue weighted by Gasteiger charge is -2.60. The van der Waals surface area contributed by atoms with Crippen molar-refractivity contribution in [3.8, 4) is 0 Å². The molecule has 1 N–H and O–H groups in total. The third-order valence-corrected chi connectivity index (χ3v) is 10.3. The van der Waals surface area contributed by atoms with Crippen LogP contribution < -0.4 is 0 Å². The standard InChI is InChI=1S/C25H35NO2/c1-3-15-12-16-13-17(26-27)6-7-18(16)19-8-10-24(4-2)23(22(15)19)20-14-21(20)25(24)9-5-11-28-25/h5,9,13,15,18-23,27H,3-4,6-8,10-12,14H2,1-2H3/t15?,18-,19?,20?,21?,22?,23?,24-,25-/m0/s1. The highest BCUT2D eigenvalue weighted by molar-refractivity contribution is 5.96. The molecule has 1 heterocycles. The summed E-state index contributed by atoms with van der Waals surface area (Å²) in [7, 11) is 0. The van der Waals surface area contributed by atoms with Gasteiger partial charge in [-0.15, -0.1) is 0 Å². The average Bonchev–Trinajstić information content (AvgIpc) is 3.31. The second-order valence-corrected chi connectivity index (χ2v) is 10.7. The second kappa shape index (κ2) is 5.97. The summed E-state index contributed by atoms with van der Waals surface area (Å²) < 4.78 is 6.64. The van der Waals surface area contributed by atoms with Crippen LogP contribution in [0.4, 0.5) is 0 Å². The molecule has 0 aromatic heterocycles. The van der Waals surface area contributed by atoms with Crippen molar-refractivity contribution in [3.63, 3.8) is 0 Å². The van der Waals surface area contributed by atoms with E-state index in [0.717, 1.165) is 60.2 Å². The molecule has 0 amide bonds. The summed E-state index contributed by atoms with van der Waals surface area (Å²) in [5, 5.41) is 12.9. The first-order valence-electron chi connectivity index (χ1n) is 11.9. The van der Waals surface area contributed by atoms with E-state index in [2.05, 4.69) is 37.2 Å². The maximum Gasteiger partial charge on any atom is 0.0957 e. The van der Waals surface area contributed by atoms with Crippen LogP contribution >= 0.6 is 0 Å². The maximum absolute atomic E-state index is 9.31. The summed E-state index contributed by atoms with van der Waals surface area (Å²) in [5.74, 6) is 5.82. The molecule has 1 aliphatic heterocycles. The van der Waals surface area contributed by atoms with Gasteiger partial charge in [0.2, 0.25) is 0 Å². The minimum Gasteiger partial charge on any atom is -0.411 e. The zero-order valence-corrected chi connectivity index (χ0v) is 17.4. The normalized spacial score (nSPS) is 54.9. The van der Waals surface area contributed by atoms with Gasteiger partial charge in [0, 0.05) is 5.41 Å². The molecular weight excluding hydrogens is 346 g/mol. The van der Waals surface area contributed by atoms with Crippen molar-refractivity contribution in [1.29, 1.82) is 0 Å². The SMILES string of the molecule is CCC1CC2=CC(=NO)CC[C@@H]2C2CC[C@@]3(CC)C(C4CC4[C@@]34C=CCO4)C12. The lowest BCUT2D eigenvalue weighted by atomic mass is 9.45. The molecule has 1 spiro atoms. The van der Waals surface area contributed by atoms with E-state index >= 15 is 0 Å². The molecule has 0 radical (unpaired) electrons. The van der Waals surface area contributed by atoms with Crippen molar-refractivity contribution >= 4 is 5.71 Å². The van der Waals surface area contributed by atoms with Crippen molar-refractivity contribution in [3.05, 3.63) is 23.8 Å². The molecule has 6 rings (SSSR count). The molecule has 28 heavy (non-hydrogen) atoms. The van der Waals surface area contributed by atoms with Crippen LogP contribution in [0.5, 0.6) is 0 Å². The Kier molecular flexibility index (Phi) is 3.78. The van der Waals surface area contributed by atoms with E-state index in [9.17, 15) is 5.21 Å². The van der Waals surface area contributed by atoms with E-state index < -0.39 is 0 Å². The molecule has 9 atom stereocenters. The third-order valence-electron chi connectivity index (χ3n) is 10.3. The summed E-state index contributed by atoms with van der Waals surface area (Å²) in [5.41, 5.74) is 2.97. The molecule has 3 nitrogen and oxygen atoms in total. The fourth-order valence-electron chi connectivity index (χ4n) is 9.36. The van der Waals surface area contributed by atoms with Crippen LogP contribution in [0.2, 0.25) is 0 Å². The van der Waals surface area contributed by atoms with Crippen LogP contribution in [0, 0.1) is 46.8 Å². The third kappa shape index (κ3) is 1.98. The quantitative estimate of drug-likeness (QED) is 0.384. The fraction of sp³-hybridized carbons (Fsp3) is 0.800. The van der Waals surface area contributed by atoms with Crippen LogP contribution in [0.3, 0.4) is 0 Å². The lowest BCUT2D eigenvalue weighted by Crippen LogP contribution is -2.57. The second-order valence-electron chi connectivity index (χ2n) is 10.7. The van der Waals surface area contributed by atoms with E-state index in [1.165, 1.54) is 44.9 Å². The van der Waals surface area contributed by atoms with Gasteiger partial charge in [0.15, 0.2) is 0 Å². The summed E-state index contributed by atoms with van der Waals surface area (Å²) >= 11 is 0. The number of rotatable bonds is 2. The van der Waals surface area contributed by atoms with Crippen LogP contribution in [-0.2, 0) is 4.74 Å². The maximum atomic E-state index is 9.31. The molecule has 0 aromatic carbocycles. The number of hydrogen-bond acceptors (Lipinski definition) is 3. The molecule has 4 fully saturated rings. The first-order valence-corrected chi connectivity index (χ1v) is 11.9. The number of nitrogens with zero attached hydrogens (tertiary/aromatic N) is 1. The van der Waals surface area contributed by atoms with Crippen molar-refractivity contribution in [1.82, 2.24) is 0 Å². The number of allylic oxidation sites excluding steroid dienone is 2. The molecule has 4 saturated carbocycles. The number of hydrogen-bond donors (Lipinski definition) is 1. The van der Waals surface area contributed by atoms with Crippen molar-refractivity contribution in [2.45, 2.75) is 70.8 Å². The zero-order chi connectivity index (χ0) is 19.1. The van der Waals surface area contributed by atoms with Gasteiger partial charge in [0.05, 0.1) is 17.9 Å². The predicted octanol–water partition coefficient (Wildman–Crippen LogP) is 5.60. The average molecular weight is 382 g/mol. The lowest BCUT2D eigenvalue weighted by molar-refractivity contribution is -0.151. The van der Waals surface area contributed by atoms with E-state index in [0.29, 0.717) is 5.41 Å². The van der Waals surface area contributed by atoms with Gasteiger partial charge in [-0.2, -0.15) is 0 Å². The highest BCUT2D eigenvalue weighted by Gasteiger charge is 2.77. The molecule has 3 heteroatoms. The Morgan fingerprint density at radius 1 is 1.25 bits per heavy atom. The zero-order valence-electron chi connectivity index (χ0n) is 17.4. The van der Waals surface area contributed by atoms with Crippen molar-refractivity contribution in [2.75, 3.05) is 6.61 Å². The van der Waals surface area contributed by atoms with E-state index in [1.807, 2.05) is 0 Å². The minimum absolute atomic E-state index is 0.0692. The molecule has 0 bridgehead atoms. The summed E-state index contributed by atoms with van der Waals surface area (Å²) in [6.07, 6.45) is 17.2. The Morgan fingerprint density at radius 2 is 2.14 bits per heavy atom. The predicted molar refractivity (Wildman–Crippen MR) is 110 cm³/mol. The molecular formula is C25H35NO2. The van der Waals surface area contributed by atoms with Gasteiger partial charge in [-0.05, 0) is 92.4 Å². The highest BCUT2D eigenvalue weighted by atomic mass is 16.5. The van der Waals surface area contributed by atoms with Crippen LogP contribution in [0.1, 0.15) is 65.2 Å².